The summed E-state index contributed by atoms with van der Waals surface area (Å²) in [6.45, 7) is 0.859. The summed E-state index contributed by atoms with van der Waals surface area (Å²) in [5.74, 6) is 1.54. The van der Waals surface area contributed by atoms with Crippen molar-refractivity contribution in [1.29, 1.82) is 0 Å². The number of ether oxygens (including phenoxy) is 2. The van der Waals surface area contributed by atoms with Gasteiger partial charge in [-0.25, -0.2) is 0 Å². The fraction of sp³-hybridized carbons (Fsp3) is 0.280. The summed E-state index contributed by atoms with van der Waals surface area (Å²) in [7, 11) is 3.28. The minimum Gasteiger partial charge on any atom is -0.504 e. The molecule has 2 atom stereocenters. The first-order valence-electron chi connectivity index (χ1n) is 10.4. The van der Waals surface area contributed by atoms with E-state index in [2.05, 4.69) is 39.0 Å². The van der Waals surface area contributed by atoms with Crippen molar-refractivity contribution in [1.82, 2.24) is 4.90 Å². The van der Waals surface area contributed by atoms with Gasteiger partial charge in [0.05, 0.1) is 20.3 Å². The number of halogens is 1. The van der Waals surface area contributed by atoms with E-state index in [1.807, 2.05) is 30.3 Å². The summed E-state index contributed by atoms with van der Waals surface area (Å²) in [6, 6.07) is 16.1. The van der Waals surface area contributed by atoms with E-state index in [9.17, 15) is 5.11 Å². The molecule has 0 radical (unpaired) electrons. The molecule has 2 aliphatic heterocycles. The monoisotopic (exact) mass is 480 g/mol. The van der Waals surface area contributed by atoms with Crippen molar-refractivity contribution in [3.05, 3.63) is 80.8 Å². The lowest BCUT2D eigenvalue weighted by Gasteiger charge is -2.47. The van der Waals surface area contributed by atoms with E-state index in [4.69, 9.17) is 15.2 Å². The first-order valence-corrected chi connectivity index (χ1v) is 11.2. The zero-order valence-electron chi connectivity index (χ0n) is 17.6. The van der Waals surface area contributed by atoms with Crippen LogP contribution in [0, 0.1) is 0 Å². The van der Waals surface area contributed by atoms with Gasteiger partial charge >= 0.3 is 0 Å². The van der Waals surface area contributed by atoms with Crippen LogP contribution >= 0.6 is 15.9 Å². The maximum atomic E-state index is 11.2. The quantitative estimate of drug-likeness (QED) is 0.516. The molecular weight excluding hydrogens is 456 g/mol. The molecule has 3 aromatic rings. The molecule has 31 heavy (non-hydrogen) atoms. The summed E-state index contributed by atoms with van der Waals surface area (Å²) in [4.78, 5) is 2.47. The van der Waals surface area contributed by atoms with Crippen LogP contribution in [0.15, 0.2) is 53.0 Å². The highest BCUT2D eigenvalue weighted by molar-refractivity contribution is 9.10. The highest BCUT2D eigenvalue weighted by atomic mass is 79.9. The van der Waals surface area contributed by atoms with Crippen molar-refractivity contribution in [3.63, 3.8) is 0 Å². The van der Waals surface area contributed by atoms with Crippen LogP contribution in [-0.4, -0.2) is 30.8 Å². The molecule has 0 saturated carbocycles. The predicted octanol–water partition coefficient (Wildman–Crippen LogP) is 5.00. The number of phenolic OH excluding ortho intramolecular Hbond substituents is 1. The van der Waals surface area contributed by atoms with Gasteiger partial charge in [-0.2, -0.15) is 0 Å². The third-order valence-electron chi connectivity index (χ3n) is 6.62. The number of methoxy groups -OCH3 is 2. The molecule has 0 spiro atoms. The summed E-state index contributed by atoms with van der Waals surface area (Å²) in [5, 5.41) is 11.2. The number of fused-ring (bicyclic) bond motifs is 4. The molecule has 0 bridgehead atoms. The molecule has 5 nitrogen and oxygen atoms in total. The van der Waals surface area contributed by atoms with Crippen molar-refractivity contribution in [2.45, 2.75) is 24.9 Å². The van der Waals surface area contributed by atoms with Gasteiger partial charge in [-0.3, -0.25) is 4.90 Å². The van der Waals surface area contributed by atoms with Gasteiger partial charge in [0.25, 0.3) is 0 Å². The third kappa shape index (κ3) is 3.17. The van der Waals surface area contributed by atoms with Crippen LogP contribution in [0.1, 0.15) is 39.9 Å². The Bertz CT molecular complexity index is 1160. The van der Waals surface area contributed by atoms with Crippen molar-refractivity contribution in [2.24, 2.45) is 0 Å². The highest BCUT2D eigenvalue weighted by Gasteiger charge is 2.42. The second-order valence-electron chi connectivity index (χ2n) is 8.11. The molecule has 3 N–H and O–H groups in total. The van der Waals surface area contributed by atoms with E-state index < -0.39 is 0 Å². The van der Waals surface area contributed by atoms with Crippen molar-refractivity contribution in [2.75, 3.05) is 26.5 Å². The van der Waals surface area contributed by atoms with Gasteiger partial charge in [0, 0.05) is 28.3 Å². The van der Waals surface area contributed by atoms with Crippen LogP contribution in [0.25, 0.3) is 0 Å². The van der Waals surface area contributed by atoms with Crippen molar-refractivity contribution >= 4 is 21.6 Å². The van der Waals surface area contributed by atoms with Gasteiger partial charge in [0.15, 0.2) is 11.5 Å². The van der Waals surface area contributed by atoms with Gasteiger partial charge in [0.1, 0.15) is 5.75 Å². The number of aromatic hydroxyl groups is 1. The third-order valence-corrected chi connectivity index (χ3v) is 7.33. The van der Waals surface area contributed by atoms with Crippen molar-refractivity contribution in [3.8, 4) is 17.2 Å². The molecule has 5 rings (SSSR count). The Kier molecular flexibility index (Phi) is 5.07. The lowest BCUT2D eigenvalue weighted by molar-refractivity contribution is 0.126. The van der Waals surface area contributed by atoms with E-state index in [0.29, 0.717) is 5.75 Å². The molecule has 3 aromatic carbocycles. The average Bonchev–Trinajstić information content (AvgIpc) is 2.80. The minimum atomic E-state index is -0.170. The molecule has 2 unspecified atom stereocenters. The summed E-state index contributed by atoms with van der Waals surface area (Å²) < 4.78 is 11.9. The van der Waals surface area contributed by atoms with Gasteiger partial charge in [-0.15, -0.1) is 0 Å². The number of nitrogens with zero attached hydrogens (tertiary/aromatic N) is 1. The predicted molar refractivity (Wildman–Crippen MR) is 125 cm³/mol. The molecule has 0 aromatic heterocycles. The van der Waals surface area contributed by atoms with E-state index in [0.717, 1.165) is 52.0 Å². The van der Waals surface area contributed by atoms with Crippen LogP contribution in [0.2, 0.25) is 0 Å². The van der Waals surface area contributed by atoms with Crippen molar-refractivity contribution < 1.29 is 14.6 Å². The molecular formula is C25H25BrN2O3. The van der Waals surface area contributed by atoms with Crippen LogP contribution in [0.4, 0.5) is 5.69 Å². The van der Waals surface area contributed by atoms with Gasteiger partial charge < -0.3 is 20.3 Å². The van der Waals surface area contributed by atoms with Crippen LogP contribution in [0.5, 0.6) is 17.2 Å². The lowest BCUT2D eigenvalue weighted by Crippen LogP contribution is -2.43. The molecule has 0 saturated heterocycles. The van der Waals surface area contributed by atoms with E-state index in [-0.39, 0.29) is 17.8 Å². The lowest BCUT2D eigenvalue weighted by atomic mass is 9.78. The number of nitrogen functional groups attached to an aromatic ring is 1. The molecule has 6 heteroatoms. The number of anilines is 1. The number of hydrogen-bond donors (Lipinski definition) is 2. The molecule has 160 valence electrons. The summed E-state index contributed by atoms with van der Waals surface area (Å²) in [5.41, 5.74) is 12.8. The second-order valence-corrected chi connectivity index (χ2v) is 8.96. The summed E-state index contributed by atoms with van der Waals surface area (Å²) in [6.07, 6.45) is 1.70. The number of phenols is 1. The van der Waals surface area contributed by atoms with E-state index >= 15 is 0 Å². The SMILES string of the molecule is COc1ccc2c(c1)CCN1C2Cc2c(Br)cc(OC)c(O)c2C1c1ccccc1N. The van der Waals surface area contributed by atoms with Crippen LogP contribution in [-0.2, 0) is 12.8 Å². The Morgan fingerprint density at radius 2 is 1.87 bits per heavy atom. The number of para-hydroxylation sites is 1. The Labute approximate surface area is 190 Å². The molecule has 0 aliphatic carbocycles. The number of rotatable bonds is 3. The highest BCUT2D eigenvalue weighted by Crippen LogP contribution is 2.53. The van der Waals surface area contributed by atoms with Gasteiger partial charge in [0.2, 0.25) is 0 Å². The smallest absolute Gasteiger partial charge is 0.163 e. The largest absolute Gasteiger partial charge is 0.504 e. The molecule has 2 heterocycles. The first kappa shape index (κ1) is 20.2. The zero-order chi connectivity index (χ0) is 21.7. The Balaban J connectivity index is 1.75. The van der Waals surface area contributed by atoms with Crippen LogP contribution < -0.4 is 15.2 Å². The Morgan fingerprint density at radius 1 is 1.06 bits per heavy atom. The van der Waals surface area contributed by atoms with Gasteiger partial charge in [-0.1, -0.05) is 40.2 Å². The first-order chi connectivity index (χ1) is 15.0. The number of hydrogen-bond acceptors (Lipinski definition) is 5. The van der Waals surface area contributed by atoms with Gasteiger partial charge in [-0.05, 0) is 59.4 Å². The number of benzene rings is 3. The van der Waals surface area contributed by atoms with E-state index in [1.165, 1.54) is 11.1 Å². The maximum absolute atomic E-state index is 11.2. The fourth-order valence-electron chi connectivity index (χ4n) is 5.16. The summed E-state index contributed by atoms with van der Waals surface area (Å²) >= 11 is 3.74. The van der Waals surface area contributed by atoms with Crippen LogP contribution in [0.3, 0.4) is 0 Å². The Hall–Kier alpha value is -2.70. The molecule has 2 aliphatic rings. The molecule has 0 fully saturated rings. The topological polar surface area (TPSA) is 68.0 Å². The zero-order valence-corrected chi connectivity index (χ0v) is 19.1. The Morgan fingerprint density at radius 3 is 2.61 bits per heavy atom. The minimum absolute atomic E-state index is 0.170. The molecule has 0 amide bonds. The maximum Gasteiger partial charge on any atom is 0.163 e. The standard InChI is InChI=1S/C25H25BrN2O3/c1-30-15-7-8-16-14(11-15)9-10-28-21(16)12-18-19(26)13-22(31-2)25(29)23(18)24(28)17-5-3-4-6-20(17)27/h3-8,11,13,21,24,29H,9-10,12,27H2,1-2H3. The fourth-order valence-corrected chi connectivity index (χ4v) is 5.74. The van der Waals surface area contributed by atoms with E-state index in [1.54, 1.807) is 14.2 Å². The number of nitrogens with two attached hydrogens (primary N) is 1. The normalized spacial score (nSPS) is 19.8. The second kappa shape index (κ2) is 7.77. The average molecular weight is 481 g/mol.